The van der Waals surface area contributed by atoms with Crippen LogP contribution in [-0.4, -0.2) is 25.3 Å². The van der Waals surface area contributed by atoms with E-state index in [1.165, 1.54) is 0 Å². The molecule has 1 heterocycles. The van der Waals surface area contributed by atoms with Gasteiger partial charge in [0.05, 0.1) is 18.8 Å². The number of hydrogen-bond donors (Lipinski definition) is 2. The van der Waals surface area contributed by atoms with Crippen LogP contribution in [0.3, 0.4) is 0 Å². The molecule has 4 N–H and O–H groups in total. The first-order chi connectivity index (χ1) is 8.16. The van der Waals surface area contributed by atoms with Crippen molar-refractivity contribution in [2.45, 2.75) is 18.9 Å². The lowest BCUT2D eigenvalue weighted by atomic mass is 10.1. The van der Waals surface area contributed by atoms with Crippen molar-refractivity contribution in [3.8, 4) is 0 Å². The fourth-order valence-corrected chi connectivity index (χ4v) is 1.78. The fraction of sp³-hybridized carbons (Fsp3) is 0.417. The van der Waals surface area contributed by atoms with E-state index in [1.807, 2.05) is 0 Å². The van der Waals surface area contributed by atoms with E-state index in [4.69, 9.17) is 20.9 Å². The van der Waals surface area contributed by atoms with Gasteiger partial charge in [-0.05, 0) is 18.2 Å². The molecule has 5 nitrogen and oxygen atoms in total. The standard InChI is InChI=1S/C12H16N2O3/c13-8-1-2-10(11(14)7-8)12(15)17-9-3-5-16-6-4-9/h1-2,7,9H,3-6,13-14H2. The quantitative estimate of drug-likeness (QED) is 0.594. The maximum atomic E-state index is 11.9. The molecule has 0 spiro atoms. The number of carbonyl (C=O) groups is 1. The minimum absolute atomic E-state index is 0.0757. The summed E-state index contributed by atoms with van der Waals surface area (Å²) < 4.78 is 10.6. The molecule has 0 radical (unpaired) electrons. The van der Waals surface area contributed by atoms with Gasteiger partial charge < -0.3 is 20.9 Å². The molecule has 1 aromatic rings. The second-order valence-corrected chi connectivity index (χ2v) is 4.06. The van der Waals surface area contributed by atoms with Crippen molar-refractivity contribution in [1.82, 2.24) is 0 Å². The third-order valence-electron chi connectivity index (χ3n) is 2.74. The van der Waals surface area contributed by atoms with Gasteiger partial charge in [-0.1, -0.05) is 0 Å². The van der Waals surface area contributed by atoms with Gasteiger partial charge >= 0.3 is 5.97 Å². The molecule has 5 heteroatoms. The Morgan fingerprint density at radius 1 is 1.29 bits per heavy atom. The SMILES string of the molecule is Nc1ccc(C(=O)OC2CCOCC2)c(N)c1. The van der Waals surface area contributed by atoms with E-state index in [0.717, 1.165) is 12.8 Å². The summed E-state index contributed by atoms with van der Waals surface area (Å²) in [6.07, 6.45) is 1.40. The number of rotatable bonds is 2. The summed E-state index contributed by atoms with van der Waals surface area (Å²) in [4.78, 5) is 11.9. The van der Waals surface area contributed by atoms with Gasteiger partial charge in [-0.15, -0.1) is 0 Å². The van der Waals surface area contributed by atoms with Crippen LogP contribution in [0, 0.1) is 0 Å². The maximum absolute atomic E-state index is 11.9. The van der Waals surface area contributed by atoms with E-state index in [9.17, 15) is 4.79 Å². The van der Waals surface area contributed by atoms with Crippen molar-refractivity contribution in [2.75, 3.05) is 24.7 Å². The third-order valence-corrected chi connectivity index (χ3v) is 2.74. The number of ether oxygens (including phenoxy) is 2. The molecule has 1 aliphatic rings. The summed E-state index contributed by atoms with van der Waals surface area (Å²) in [6, 6.07) is 4.78. The monoisotopic (exact) mass is 236 g/mol. The van der Waals surface area contributed by atoms with E-state index in [1.54, 1.807) is 18.2 Å². The van der Waals surface area contributed by atoms with Crippen molar-refractivity contribution in [3.63, 3.8) is 0 Å². The molecule has 0 aliphatic carbocycles. The fourth-order valence-electron chi connectivity index (χ4n) is 1.78. The zero-order chi connectivity index (χ0) is 12.3. The summed E-state index contributed by atoms with van der Waals surface area (Å²) in [7, 11) is 0. The summed E-state index contributed by atoms with van der Waals surface area (Å²) in [5, 5.41) is 0. The van der Waals surface area contributed by atoms with Crippen LogP contribution >= 0.6 is 0 Å². The number of esters is 1. The molecule has 1 fully saturated rings. The molecular formula is C12H16N2O3. The number of nitrogen functional groups attached to an aromatic ring is 2. The Labute approximate surface area is 99.7 Å². The lowest BCUT2D eigenvalue weighted by molar-refractivity contribution is -0.0158. The molecule has 1 aliphatic heterocycles. The van der Waals surface area contributed by atoms with Crippen molar-refractivity contribution in [3.05, 3.63) is 23.8 Å². The van der Waals surface area contributed by atoms with Crippen LogP contribution in [0.15, 0.2) is 18.2 Å². The lowest BCUT2D eigenvalue weighted by Gasteiger charge is -2.22. The van der Waals surface area contributed by atoms with Crippen LogP contribution in [0.4, 0.5) is 11.4 Å². The van der Waals surface area contributed by atoms with Crippen LogP contribution in [-0.2, 0) is 9.47 Å². The first-order valence-corrected chi connectivity index (χ1v) is 5.60. The largest absolute Gasteiger partial charge is 0.459 e. The molecular weight excluding hydrogens is 220 g/mol. The highest BCUT2D eigenvalue weighted by Gasteiger charge is 2.20. The maximum Gasteiger partial charge on any atom is 0.340 e. The highest BCUT2D eigenvalue weighted by atomic mass is 16.6. The first kappa shape index (κ1) is 11.7. The van der Waals surface area contributed by atoms with Crippen molar-refractivity contribution >= 4 is 17.3 Å². The normalized spacial score (nSPS) is 16.7. The van der Waals surface area contributed by atoms with Crippen LogP contribution in [0.5, 0.6) is 0 Å². The van der Waals surface area contributed by atoms with Gasteiger partial charge in [0.25, 0.3) is 0 Å². The Kier molecular flexibility index (Phi) is 3.49. The minimum atomic E-state index is -0.394. The van der Waals surface area contributed by atoms with Crippen LogP contribution in [0.1, 0.15) is 23.2 Å². The average Bonchev–Trinajstić information content (AvgIpc) is 2.30. The zero-order valence-electron chi connectivity index (χ0n) is 9.52. The number of nitrogens with two attached hydrogens (primary N) is 2. The van der Waals surface area contributed by atoms with E-state index < -0.39 is 5.97 Å². The first-order valence-electron chi connectivity index (χ1n) is 5.60. The summed E-state index contributed by atoms with van der Waals surface area (Å²) in [5.74, 6) is -0.394. The molecule has 1 saturated heterocycles. The molecule has 0 aromatic heterocycles. The summed E-state index contributed by atoms with van der Waals surface area (Å²) in [5.41, 5.74) is 12.5. The average molecular weight is 236 g/mol. The number of anilines is 2. The molecule has 0 saturated carbocycles. The molecule has 0 unspecified atom stereocenters. The van der Waals surface area contributed by atoms with Crippen LogP contribution in [0.25, 0.3) is 0 Å². The molecule has 1 aromatic carbocycles. The van der Waals surface area contributed by atoms with Crippen molar-refractivity contribution < 1.29 is 14.3 Å². The van der Waals surface area contributed by atoms with E-state index >= 15 is 0 Å². The molecule has 0 amide bonds. The van der Waals surface area contributed by atoms with Crippen LogP contribution < -0.4 is 11.5 Å². The highest BCUT2D eigenvalue weighted by Crippen LogP contribution is 2.19. The van der Waals surface area contributed by atoms with E-state index in [2.05, 4.69) is 0 Å². The zero-order valence-corrected chi connectivity index (χ0v) is 9.52. The third kappa shape index (κ3) is 2.88. The second kappa shape index (κ2) is 5.05. The number of carbonyl (C=O) groups excluding carboxylic acids is 1. The predicted molar refractivity (Wildman–Crippen MR) is 64.5 cm³/mol. The van der Waals surface area contributed by atoms with Gasteiger partial charge in [0.2, 0.25) is 0 Å². The van der Waals surface area contributed by atoms with Crippen molar-refractivity contribution in [2.24, 2.45) is 0 Å². The second-order valence-electron chi connectivity index (χ2n) is 4.06. The van der Waals surface area contributed by atoms with Crippen LogP contribution in [0.2, 0.25) is 0 Å². The number of benzene rings is 1. The van der Waals surface area contributed by atoms with Gasteiger partial charge in [0, 0.05) is 24.2 Å². The van der Waals surface area contributed by atoms with Gasteiger partial charge in [0.1, 0.15) is 6.10 Å². The van der Waals surface area contributed by atoms with E-state index in [-0.39, 0.29) is 6.10 Å². The van der Waals surface area contributed by atoms with Gasteiger partial charge in [0.15, 0.2) is 0 Å². The van der Waals surface area contributed by atoms with Gasteiger partial charge in [-0.2, -0.15) is 0 Å². The predicted octanol–water partition coefficient (Wildman–Crippen LogP) is 1.19. The Hall–Kier alpha value is -1.75. The summed E-state index contributed by atoms with van der Waals surface area (Å²) >= 11 is 0. The molecule has 0 atom stereocenters. The van der Waals surface area contributed by atoms with Crippen molar-refractivity contribution in [1.29, 1.82) is 0 Å². The molecule has 17 heavy (non-hydrogen) atoms. The topological polar surface area (TPSA) is 87.6 Å². The molecule has 92 valence electrons. The minimum Gasteiger partial charge on any atom is -0.459 e. The molecule has 0 bridgehead atoms. The van der Waals surface area contributed by atoms with Gasteiger partial charge in [-0.3, -0.25) is 0 Å². The molecule has 2 rings (SSSR count). The summed E-state index contributed by atoms with van der Waals surface area (Å²) in [6.45, 7) is 1.27. The van der Waals surface area contributed by atoms with Gasteiger partial charge in [-0.25, -0.2) is 4.79 Å². The Balaban J connectivity index is 2.03. The highest BCUT2D eigenvalue weighted by molar-refractivity contribution is 5.95. The van der Waals surface area contributed by atoms with E-state index in [0.29, 0.717) is 30.2 Å². The smallest absolute Gasteiger partial charge is 0.340 e. The Morgan fingerprint density at radius 2 is 2.00 bits per heavy atom. The number of hydrogen-bond acceptors (Lipinski definition) is 5. The Morgan fingerprint density at radius 3 is 2.65 bits per heavy atom. The Bertz CT molecular complexity index is 414. The lowest BCUT2D eigenvalue weighted by Crippen LogP contribution is -2.26.